The number of amides is 1. The molecule has 20 heavy (non-hydrogen) atoms. The van der Waals surface area contributed by atoms with Gasteiger partial charge < -0.3 is 20.1 Å². The van der Waals surface area contributed by atoms with E-state index in [0.29, 0.717) is 12.2 Å². The number of nitrogens with zero attached hydrogens (tertiary/aromatic N) is 1. The second-order valence-corrected chi connectivity index (χ2v) is 5.54. The largest absolute Gasteiger partial charge is 0.506 e. The smallest absolute Gasteiger partial charge is 0.253 e. The van der Waals surface area contributed by atoms with Crippen LogP contribution < -0.4 is 10.2 Å². The first kappa shape index (κ1) is 13.4. The van der Waals surface area contributed by atoms with Gasteiger partial charge in [0.15, 0.2) is 0 Å². The number of aromatic hydroxyl groups is 1. The maximum atomic E-state index is 12.1. The van der Waals surface area contributed by atoms with E-state index in [-0.39, 0.29) is 23.9 Å². The molecule has 0 bridgehead atoms. The van der Waals surface area contributed by atoms with Crippen LogP contribution in [-0.2, 0) is 9.53 Å². The van der Waals surface area contributed by atoms with Gasteiger partial charge in [0.2, 0.25) is 0 Å². The van der Waals surface area contributed by atoms with Gasteiger partial charge in [-0.25, -0.2) is 0 Å². The van der Waals surface area contributed by atoms with Crippen molar-refractivity contribution in [1.82, 2.24) is 5.32 Å². The fraction of sp³-hybridized carbons (Fsp3) is 0.533. The first-order valence-electron chi connectivity index (χ1n) is 7.13. The summed E-state index contributed by atoms with van der Waals surface area (Å²) in [5, 5.41) is 13.3. The average molecular weight is 276 g/mol. The lowest BCUT2D eigenvalue weighted by molar-refractivity contribution is -0.140. The summed E-state index contributed by atoms with van der Waals surface area (Å²) in [5.74, 6) is 0.0546. The number of phenols is 1. The van der Waals surface area contributed by atoms with Crippen molar-refractivity contribution in [3.05, 3.63) is 24.3 Å². The van der Waals surface area contributed by atoms with Crippen molar-refractivity contribution in [3.63, 3.8) is 0 Å². The molecule has 1 atom stereocenters. The van der Waals surface area contributed by atoms with Gasteiger partial charge in [-0.3, -0.25) is 4.79 Å². The summed E-state index contributed by atoms with van der Waals surface area (Å²) >= 11 is 0. The Hall–Kier alpha value is -1.59. The van der Waals surface area contributed by atoms with Crippen molar-refractivity contribution in [3.8, 4) is 5.75 Å². The van der Waals surface area contributed by atoms with Gasteiger partial charge >= 0.3 is 0 Å². The Morgan fingerprint density at radius 2 is 2.10 bits per heavy atom. The highest BCUT2D eigenvalue weighted by atomic mass is 16.5. The van der Waals surface area contributed by atoms with Gasteiger partial charge in [0.1, 0.15) is 12.4 Å². The quantitative estimate of drug-likeness (QED) is 0.811. The number of hydrogen-bond donors (Lipinski definition) is 2. The SMILES string of the molecule is O=C1COC2(CCCNCC2)CN1c1ccccc1O. The Morgan fingerprint density at radius 3 is 2.95 bits per heavy atom. The minimum Gasteiger partial charge on any atom is -0.506 e. The van der Waals surface area contributed by atoms with Gasteiger partial charge in [-0.2, -0.15) is 0 Å². The second kappa shape index (κ2) is 5.42. The van der Waals surface area contributed by atoms with Gasteiger partial charge in [-0.1, -0.05) is 12.1 Å². The molecule has 1 spiro atoms. The van der Waals surface area contributed by atoms with Crippen LogP contribution in [0.4, 0.5) is 5.69 Å². The van der Waals surface area contributed by atoms with Crippen LogP contribution in [0.5, 0.6) is 5.75 Å². The molecule has 1 aromatic rings. The van der Waals surface area contributed by atoms with Crippen molar-refractivity contribution >= 4 is 11.6 Å². The third kappa shape index (κ3) is 2.51. The summed E-state index contributed by atoms with van der Waals surface area (Å²) in [7, 11) is 0. The zero-order valence-electron chi connectivity index (χ0n) is 11.5. The molecule has 0 radical (unpaired) electrons. The normalized spacial score (nSPS) is 27.6. The Bertz CT molecular complexity index is 496. The minimum atomic E-state index is -0.278. The number of nitrogens with one attached hydrogen (secondary N) is 1. The van der Waals surface area contributed by atoms with E-state index in [1.165, 1.54) is 0 Å². The predicted octanol–water partition coefficient (Wildman–Crippen LogP) is 1.27. The maximum absolute atomic E-state index is 12.1. The van der Waals surface area contributed by atoms with Gasteiger partial charge in [0, 0.05) is 0 Å². The summed E-state index contributed by atoms with van der Waals surface area (Å²) in [5.41, 5.74) is 0.303. The Morgan fingerprint density at radius 1 is 1.25 bits per heavy atom. The highest BCUT2D eigenvalue weighted by Gasteiger charge is 2.40. The Balaban J connectivity index is 1.86. The summed E-state index contributed by atoms with van der Waals surface area (Å²) in [6, 6.07) is 6.98. The molecule has 2 saturated heterocycles. The third-order valence-electron chi connectivity index (χ3n) is 4.17. The number of anilines is 1. The average Bonchev–Trinajstić information content (AvgIpc) is 2.69. The van der Waals surface area contributed by atoms with Crippen molar-refractivity contribution in [2.75, 3.05) is 31.1 Å². The molecule has 2 N–H and O–H groups in total. The molecule has 3 rings (SSSR count). The van der Waals surface area contributed by atoms with E-state index in [9.17, 15) is 9.90 Å². The third-order valence-corrected chi connectivity index (χ3v) is 4.17. The van der Waals surface area contributed by atoms with Crippen LogP contribution in [0, 0.1) is 0 Å². The van der Waals surface area contributed by atoms with E-state index in [4.69, 9.17) is 4.74 Å². The maximum Gasteiger partial charge on any atom is 0.253 e. The van der Waals surface area contributed by atoms with E-state index < -0.39 is 0 Å². The van der Waals surface area contributed by atoms with Crippen molar-refractivity contribution in [2.24, 2.45) is 0 Å². The van der Waals surface area contributed by atoms with Crippen LogP contribution in [0.2, 0.25) is 0 Å². The lowest BCUT2D eigenvalue weighted by Gasteiger charge is -2.42. The van der Waals surface area contributed by atoms with E-state index in [0.717, 1.165) is 32.4 Å². The van der Waals surface area contributed by atoms with Gasteiger partial charge in [-0.05, 0) is 44.5 Å². The van der Waals surface area contributed by atoms with Crippen molar-refractivity contribution in [1.29, 1.82) is 0 Å². The molecule has 5 heteroatoms. The fourth-order valence-corrected chi connectivity index (χ4v) is 3.03. The molecule has 5 nitrogen and oxygen atoms in total. The summed E-state index contributed by atoms with van der Waals surface area (Å²) in [6.07, 6.45) is 2.88. The standard InChI is InChI=1S/C15H20N2O3/c18-13-5-2-1-4-12(13)17-11-15(20-10-14(17)19)6-3-8-16-9-7-15/h1-2,4-5,16,18H,3,6-11H2. The predicted molar refractivity (Wildman–Crippen MR) is 75.9 cm³/mol. The van der Waals surface area contributed by atoms with Crippen molar-refractivity contribution < 1.29 is 14.6 Å². The molecule has 1 amide bonds. The number of ether oxygens (including phenoxy) is 1. The fourth-order valence-electron chi connectivity index (χ4n) is 3.03. The summed E-state index contributed by atoms with van der Waals surface area (Å²) in [6.45, 7) is 2.51. The molecule has 0 aromatic heterocycles. The molecule has 2 heterocycles. The van der Waals surface area contributed by atoms with E-state index in [1.54, 1.807) is 23.1 Å². The number of rotatable bonds is 1. The van der Waals surface area contributed by atoms with Crippen LogP contribution in [-0.4, -0.2) is 42.9 Å². The van der Waals surface area contributed by atoms with Crippen LogP contribution in [0.25, 0.3) is 0 Å². The van der Waals surface area contributed by atoms with Crippen LogP contribution in [0.1, 0.15) is 19.3 Å². The van der Waals surface area contributed by atoms with Crippen LogP contribution in [0.15, 0.2) is 24.3 Å². The number of phenolic OH excluding ortho intramolecular Hbond substituents is 1. The number of carbonyl (C=O) groups excluding carboxylic acids is 1. The summed E-state index contributed by atoms with van der Waals surface area (Å²) in [4.78, 5) is 13.8. The van der Waals surface area contributed by atoms with Gasteiger partial charge in [-0.15, -0.1) is 0 Å². The van der Waals surface area contributed by atoms with Gasteiger partial charge in [0.25, 0.3) is 5.91 Å². The van der Waals surface area contributed by atoms with Crippen LogP contribution >= 0.6 is 0 Å². The second-order valence-electron chi connectivity index (χ2n) is 5.54. The highest BCUT2D eigenvalue weighted by Crippen LogP contribution is 2.34. The molecular formula is C15H20N2O3. The molecular weight excluding hydrogens is 256 g/mol. The summed E-state index contributed by atoms with van der Waals surface area (Å²) < 4.78 is 5.88. The zero-order valence-corrected chi connectivity index (χ0v) is 11.5. The number of carbonyl (C=O) groups is 1. The first-order chi connectivity index (χ1) is 9.70. The van der Waals surface area contributed by atoms with Crippen molar-refractivity contribution in [2.45, 2.75) is 24.9 Å². The molecule has 1 aromatic carbocycles. The number of para-hydroxylation sites is 2. The number of hydrogen-bond acceptors (Lipinski definition) is 4. The molecule has 108 valence electrons. The zero-order chi connectivity index (χ0) is 14.0. The highest BCUT2D eigenvalue weighted by molar-refractivity contribution is 5.96. The van der Waals surface area contributed by atoms with E-state index in [1.807, 2.05) is 6.07 Å². The van der Waals surface area contributed by atoms with Crippen LogP contribution in [0.3, 0.4) is 0 Å². The number of benzene rings is 1. The molecule has 1 unspecified atom stereocenters. The molecule has 0 saturated carbocycles. The monoisotopic (exact) mass is 276 g/mol. The lowest BCUT2D eigenvalue weighted by Crippen LogP contribution is -2.55. The molecule has 2 aliphatic rings. The molecule has 0 aliphatic carbocycles. The molecule has 2 fully saturated rings. The Kier molecular flexibility index (Phi) is 3.63. The van der Waals surface area contributed by atoms with E-state index >= 15 is 0 Å². The topological polar surface area (TPSA) is 61.8 Å². The Labute approximate surface area is 118 Å². The lowest BCUT2D eigenvalue weighted by atomic mass is 9.92. The van der Waals surface area contributed by atoms with Gasteiger partial charge in [0.05, 0.1) is 17.8 Å². The first-order valence-corrected chi connectivity index (χ1v) is 7.13. The van der Waals surface area contributed by atoms with E-state index in [2.05, 4.69) is 5.32 Å². The number of morpholine rings is 1. The minimum absolute atomic E-state index is 0.0886. The molecule has 2 aliphatic heterocycles.